The van der Waals surface area contributed by atoms with Gasteiger partial charge >= 0.3 is 192 Å². The molecule has 13 heteroatoms. The zero-order valence-electron chi connectivity index (χ0n) is 20.7. The maximum atomic E-state index is 12.6. The molecule has 35 heavy (non-hydrogen) atoms. The fourth-order valence-electron chi connectivity index (χ4n) is 4.17. The van der Waals surface area contributed by atoms with Crippen LogP contribution in [0.4, 0.5) is 0 Å². The van der Waals surface area contributed by atoms with Gasteiger partial charge < -0.3 is 4.74 Å². The quantitative estimate of drug-likeness (QED) is 0.341. The molecule has 3 fully saturated rings. The van der Waals surface area contributed by atoms with E-state index >= 15 is 0 Å². The van der Waals surface area contributed by atoms with Gasteiger partial charge in [0.2, 0.25) is 0 Å². The number of amides is 1. The molecule has 3 heterocycles. The standard InChI is InChI=1S/C22H41N5O7.In/c1-3-34-14-4-5-23-20(29)16-25-8-12-26(17-21(30)31)10-6-24(15-19(2)28)7-11-27(13-9-25)18-22(32)33;/h28H,2-18H2,1H3,(H,23,29)(H,30,31)(H,32,33);/q;+3/p-3. The molecule has 3 aliphatic heterocycles. The summed E-state index contributed by atoms with van der Waals surface area (Å²) in [4.78, 5) is 46.2. The van der Waals surface area contributed by atoms with Crippen LogP contribution in [-0.4, -0.2) is 158 Å². The molecule has 0 aromatic rings. The average Bonchev–Trinajstić information content (AvgIpc) is 2.83. The summed E-state index contributed by atoms with van der Waals surface area (Å²) in [6, 6.07) is 0. The molecule has 1 amide bonds. The topological polar surface area (TPSA) is 113 Å². The van der Waals surface area contributed by atoms with Crippen molar-refractivity contribution in [2.75, 3.05) is 98.3 Å². The van der Waals surface area contributed by atoms with Gasteiger partial charge in [-0.05, 0) is 6.92 Å². The van der Waals surface area contributed by atoms with Gasteiger partial charge in [0.15, 0.2) is 0 Å². The van der Waals surface area contributed by atoms with Crippen LogP contribution in [0.3, 0.4) is 0 Å². The molecule has 196 valence electrons. The normalized spacial score (nSPS) is 26.9. The first-order valence-electron chi connectivity index (χ1n) is 12.4. The summed E-state index contributed by atoms with van der Waals surface area (Å²) in [5.41, 5.74) is 0. The van der Waals surface area contributed by atoms with Crippen LogP contribution in [0, 0.1) is 0 Å². The van der Waals surface area contributed by atoms with Crippen LogP contribution < -0.4 is 5.32 Å². The molecule has 0 spiro atoms. The van der Waals surface area contributed by atoms with Crippen molar-refractivity contribution in [3.63, 3.8) is 0 Å². The summed E-state index contributed by atoms with van der Waals surface area (Å²) in [5, 5.41) is 2.95. The SMILES string of the molecule is C=C1CN2CCN3CCN(CC(=O)NCCCOCC)CCN(CC2)CC(=O)[O][In]([O]1)[O]C(=O)C3. The van der Waals surface area contributed by atoms with Crippen LogP contribution >= 0.6 is 0 Å². The van der Waals surface area contributed by atoms with Crippen LogP contribution in [0.15, 0.2) is 12.3 Å². The molecular formula is C22H38InN5O7. The van der Waals surface area contributed by atoms with E-state index in [4.69, 9.17) is 13.3 Å². The number of nitrogens with zero attached hydrogens (tertiary/aromatic N) is 4. The number of carbonyl (C=O) groups is 3. The number of rotatable bonds is 7. The molecule has 3 aliphatic rings. The van der Waals surface area contributed by atoms with Gasteiger partial charge in [-0.25, -0.2) is 0 Å². The van der Waals surface area contributed by atoms with Gasteiger partial charge in [0.1, 0.15) is 0 Å². The van der Waals surface area contributed by atoms with Crippen molar-refractivity contribution in [1.29, 1.82) is 0 Å². The van der Waals surface area contributed by atoms with E-state index in [1.54, 1.807) is 0 Å². The van der Waals surface area contributed by atoms with Crippen molar-refractivity contribution >= 4 is 40.6 Å². The predicted molar refractivity (Wildman–Crippen MR) is 128 cm³/mol. The van der Waals surface area contributed by atoms with E-state index in [9.17, 15) is 14.4 Å². The second-order valence-corrected chi connectivity index (χ2v) is 12.6. The van der Waals surface area contributed by atoms with E-state index in [1.165, 1.54) is 0 Å². The maximum absolute atomic E-state index is 12.6. The number of nitrogens with one attached hydrogen (secondary N) is 1. The van der Waals surface area contributed by atoms with Gasteiger partial charge in [0, 0.05) is 13.2 Å². The van der Waals surface area contributed by atoms with Crippen molar-refractivity contribution in [2.45, 2.75) is 13.3 Å². The van der Waals surface area contributed by atoms with Crippen molar-refractivity contribution in [1.82, 2.24) is 24.9 Å². The van der Waals surface area contributed by atoms with Gasteiger partial charge in [0.25, 0.3) is 0 Å². The van der Waals surface area contributed by atoms with E-state index in [-0.39, 0.29) is 25.5 Å². The first-order chi connectivity index (χ1) is 16.9. The van der Waals surface area contributed by atoms with Gasteiger partial charge in [0.05, 0.1) is 0 Å². The molecule has 0 aliphatic carbocycles. The molecule has 0 saturated carbocycles. The number of hydrogen-bond acceptors (Lipinski definition) is 11. The Morgan fingerprint density at radius 2 is 1.46 bits per heavy atom. The molecule has 1 N–H and O–H groups in total. The Kier molecular flexibility index (Phi) is 12.1. The molecule has 0 aromatic carbocycles. The van der Waals surface area contributed by atoms with Crippen molar-refractivity contribution in [3.8, 4) is 0 Å². The van der Waals surface area contributed by atoms with Gasteiger partial charge in [-0.2, -0.15) is 0 Å². The van der Waals surface area contributed by atoms with E-state index in [2.05, 4.69) is 21.7 Å². The fraction of sp³-hybridized carbons (Fsp3) is 0.773. The third-order valence-electron chi connectivity index (χ3n) is 6.11. The van der Waals surface area contributed by atoms with Crippen LogP contribution in [-0.2, 0) is 27.7 Å². The van der Waals surface area contributed by atoms with Crippen LogP contribution in [0.5, 0.6) is 0 Å². The number of carbonyl (C=O) groups excluding carboxylic acids is 3. The molecule has 3 saturated heterocycles. The minimum absolute atomic E-state index is 0.0451. The zero-order chi connectivity index (χ0) is 25.0. The Morgan fingerprint density at radius 1 is 0.914 bits per heavy atom. The molecule has 0 radical (unpaired) electrons. The minimum atomic E-state index is -3.86. The molecular weight excluding hydrogens is 561 g/mol. The van der Waals surface area contributed by atoms with E-state index in [0.717, 1.165) is 19.5 Å². The van der Waals surface area contributed by atoms with Crippen LogP contribution in [0.1, 0.15) is 13.3 Å². The second kappa shape index (κ2) is 15.0. The molecule has 4 bridgehead atoms. The Hall–Kier alpha value is -1.38. The molecule has 2 atom stereocenters. The molecule has 2 unspecified atom stereocenters. The summed E-state index contributed by atoms with van der Waals surface area (Å²) in [6.07, 6.45) is 0.768. The van der Waals surface area contributed by atoms with E-state index < -0.39 is 34.7 Å². The van der Waals surface area contributed by atoms with Crippen LogP contribution in [0.25, 0.3) is 0 Å². The Morgan fingerprint density at radius 3 is 2.03 bits per heavy atom. The molecule has 0 aromatic heterocycles. The molecule has 3 rings (SSSR count). The first kappa shape index (κ1) is 28.2. The summed E-state index contributed by atoms with van der Waals surface area (Å²) < 4.78 is 22.1. The summed E-state index contributed by atoms with van der Waals surface area (Å²) >= 11 is -3.86. The Balaban J connectivity index is 1.71. The third kappa shape index (κ3) is 10.6. The first-order valence-corrected chi connectivity index (χ1v) is 16.4. The summed E-state index contributed by atoms with van der Waals surface area (Å²) in [5.74, 6) is -0.482. The average molecular weight is 599 g/mol. The predicted octanol–water partition coefficient (Wildman–Crippen LogP) is -1.62. The number of hydrogen-bond donors (Lipinski definition) is 1. The van der Waals surface area contributed by atoms with E-state index in [1.807, 2.05) is 16.7 Å². The second-order valence-electron chi connectivity index (χ2n) is 8.93. The Labute approximate surface area is 216 Å². The number of fused-ring (bicyclic) bond motifs is 7. The summed E-state index contributed by atoms with van der Waals surface area (Å²) in [7, 11) is 0. The van der Waals surface area contributed by atoms with Crippen molar-refractivity contribution in [2.24, 2.45) is 0 Å². The van der Waals surface area contributed by atoms with Gasteiger partial charge in [-0.3, -0.25) is 0 Å². The molecule has 12 nitrogen and oxygen atoms in total. The van der Waals surface area contributed by atoms with Gasteiger partial charge in [-0.15, -0.1) is 0 Å². The number of ether oxygens (including phenoxy) is 1. The monoisotopic (exact) mass is 599 g/mol. The Bertz CT molecular complexity index is 707. The van der Waals surface area contributed by atoms with Crippen molar-refractivity contribution < 1.29 is 27.7 Å². The van der Waals surface area contributed by atoms with Crippen LogP contribution in [0.2, 0.25) is 0 Å². The fourth-order valence-corrected chi connectivity index (χ4v) is 7.22. The third-order valence-corrected chi connectivity index (χ3v) is 10.2. The van der Waals surface area contributed by atoms with E-state index in [0.29, 0.717) is 71.3 Å². The van der Waals surface area contributed by atoms with Gasteiger partial charge in [-0.1, -0.05) is 0 Å². The zero-order valence-corrected chi connectivity index (χ0v) is 24.0. The van der Waals surface area contributed by atoms with Crippen molar-refractivity contribution in [3.05, 3.63) is 12.3 Å². The summed E-state index contributed by atoms with van der Waals surface area (Å²) in [6.45, 7) is 13.9.